The third kappa shape index (κ3) is 2.15. The van der Waals surface area contributed by atoms with Crippen LogP contribution in [0.4, 0.5) is 5.95 Å². The molecule has 1 aliphatic rings. The van der Waals surface area contributed by atoms with Crippen LogP contribution in [0, 0.1) is 17.3 Å². The summed E-state index contributed by atoms with van der Waals surface area (Å²) in [7, 11) is 0. The van der Waals surface area contributed by atoms with Gasteiger partial charge in [-0.1, -0.05) is 25.4 Å². The van der Waals surface area contributed by atoms with Gasteiger partial charge in [-0.2, -0.15) is 0 Å². The van der Waals surface area contributed by atoms with Gasteiger partial charge in [-0.05, 0) is 11.5 Å². The van der Waals surface area contributed by atoms with Crippen LogP contribution in [-0.4, -0.2) is 27.0 Å². The lowest BCUT2D eigenvalue weighted by Crippen LogP contribution is -2.19. The number of carbonyl (C=O) groups is 2. The van der Waals surface area contributed by atoms with Gasteiger partial charge in [-0.3, -0.25) is 14.9 Å². The minimum Gasteiger partial charge on any atom is -0.481 e. The first kappa shape index (κ1) is 12.8. The minimum atomic E-state index is -0.966. The van der Waals surface area contributed by atoms with Gasteiger partial charge in [0.2, 0.25) is 11.9 Å². The summed E-state index contributed by atoms with van der Waals surface area (Å²) in [6.45, 7) is 3.49. The summed E-state index contributed by atoms with van der Waals surface area (Å²) in [5.41, 5.74) is -0.547. The fraction of sp³-hybridized carbons (Fsp3) is 0.455. The number of halogens is 1. The third-order valence-corrected chi connectivity index (χ3v) is 3.44. The molecule has 1 aliphatic carbocycles. The minimum absolute atomic E-state index is 0.0827. The van der Waals surface area contributed by atoms with Crippen molar-refractivity contribution in [1.29, 1.82) is 0 Å². The van der Waals surface area contributed by atoms with Gasteiger partial charge in [0.1, 0.15) is 5.15 Å². The number of carboxylic acids is 1. The highest BCUT2D eigenvalue weighted by Gasteiger charge is 2.66. The number of nitrogens with one attached hydrogen (secondary N) is 1. The Morgan fingerprint density at radius 2 is 2.11 bits per heavy atom. The Hall–Kier alpha value is -1.69. The summed E-state index contributed by atoms with van der Waals surface area (Å²) < 4.78 is 0. The second-order valence-electron chi connectivity index (χ2n) is 4.81. The van der Waals surface area contributed by atoms with Crippen molar-refractivity contribution in [1.82, 2.24) is 9.97 Å². The first-order valence-corrected chi connectivity index (χ1v) is 5.74. The molecule has 0 radical (unpaired) electrons. The van der Waals surface area contributed by atoms with Gasteiger partial charge in [0.15, 0.2) is 0 Å². The maximum atomic E-state index is 11.9. The summed E-state index contributed by atoms with van der Waals surface area (Å²) in [6, 6.07) is 1.48. The summed E-state index contributed by atoms with van der Waals surface area (Å²) in [5, 5.41) is 11.7. The van der Waals surface area contributed by atoms with Crippen LogP contribution < -0.4 is 5.32 Å². The smallest absolute Gasteiger partial charge is 0.307 e. The molecule has 2 rings (SSSR count). The molecule has 18 heavy (non-hydrogen) atoms. The van der Waals surface area contributed by atoms with E-state index in [4.69, 9.17) is 16.7 Å². The van der Waals surface area contributed by atoms with Crippen LogP contribution >= 0.6 is 11.6 Å². The van der Waals surface area contributed by atoms with E-state index in [0.29, 0.717) is 0 Å². The Morgan fingerprint density at radius 3 is 2.61 bits per heavy atom. The summed E-state index contributed by atoms with van der Waals surface area (Å²) in [6.07, 6.45) is 1.41. The van der Waals surface area contributed by atoms with Gasteiger partial charge >= 0.3 is 5.97 Å². The summed E-state index contributed by atoms with van der Waals surface area (Å²) >= 11 is 5.66. The molecule has 6 nitrogen and oxygen atoms in total. The quantitative estimate of drug-likeness (QED) is 0.810. The molecule has 0 unspecified atom stereocenters. The van der Waals surface area contributed by atoms with E-state index >= 15 is 0 Å². The number of carbonyl (C=O) groups excluding carboxylic acids is 1. The first-order valence-electron chi connectivity index (χ1n) is 5.36. The third-order valence-electron chi connectivity index (χ3n) is 3.23. The lowest BCUT2D eigenvalue weighted by molar-refractivity contribution is -0.140. The molecule has 2 N–H and O–H groups in total. The highest BCUT2D eigenvalue weighted by atomic mass is 35.5. The molecule has 0 aromatic carbocycles. The average Bonchev–Trinajstić information content (AvgIpc) is 2.81. The molecule has 0 spiro atoms. The first-order chi connectivity index (χ1) is 8.34. The number of nitrogens with zero attached hydrogens (tertiary/aromatic N) is 2. The predicted molar refractivity (Wildman–Crippen MR) is 64.1 cm³/mol. The van der Waals surface area contributed by atoms with Crippen LogP contribution in [0.25, 0.3) is 0 Å². The van der Waals surface area contributed by atoms with E-state index in [9.17, 15) is 9.59 Å². The summed E-state index contributed by atoms with van der Waals surface area (Å²) in [4.78, 5) is 30.5. The maximum absolute atomic E-state index is 11.9. The van der Waals surface area contributed by atoms with Crippen molar-refractivity contribution in [2.75, 3.05) is 5.32 Å². The molecule has 1 saturated carbocycles. The highest BCUT2D eigenvalue weighted by molar-refractivity contribution is 6.29. The zero-order valence-electron chi connectivity index (χ0n) is 9.85. The number of amides is 1. The zero-order valence-corrected chi connectivity index (χ0v) is 10.6. The molecule has 1 fully saturated rings. The van der Waals surface area contributed by atoms with Crippen LogP contribution in [0.5, 0.6) is 0 Å². The summed E-state index contributed by atoms with van der Waals surface area (Å²) in [5.74, 6) is -2.52. The van der Waals surface area contributed by atoms with Gasteiger partial charge < -0.3 is 5.11 Å². The molecule has 0 aliphatic heterocycles. The molecule has 1 aromatic heterocycles. The Balaban J connectivity index is 2.08. The highest BCUT2D eigenvalue weighted by Crippen LogP contribution is 2.58. The molecule has 1 heterocycles. The molecule has 2 atom stereocenters. The van der Waals surface area contributed by atoms with E-state index in [1.807, 2.05) is 0 Å². The van der Waals surface area contributed by atoms with Crippen LogP contribution in [0.3, 0.4) is 0 Å². The van der Waals surface area contributed by atoms with Gasteiger partial charge in [-0.25, -0.2) is 9.97 Å². The van der Waals surface area contributed by atoms with Crippen molar-refractivity contribution >= 4 is 29.4 Å². The van der Waals surface area contributed by atoms with E-state index in [1.165, 1.54) is 12.3 Å². The molecule has 1 amide bonds. The SMILES string of the molecule is CC1(C)[C@H](C(=O)O)[C@@H]1C(=O)Nc1nccc(Cl)n1. The van der Waals surface area contributed by atoms with E-state index in [1.54, 1.807) is 13.8 Å². The topological polar surface area (TPSA) is 92.2 Å². The van der Waals surface area contributed by atoms with Gasteiger partial charge in [-0.15, -0.1) is 0 Å². The Bertz CT molecular complexity index is 518. The molecule has 0 saturated heterocycles. The van der Waals surface area contributed by atoms with E-state index in [0.717, 1.165) is 0 Å². The van der Waals surface area contributed by atoms with Gasteiger partial charge in [0.05, 0.1) is 11.8 Å². The molecular formula is C11H12ClN3O3. The molecular weight excluding hydrogens is 258 g/mol. The molecule has 96 valence electrons. The molecule has 7 heteroatoms. The number of hydrogen-bond donors (Lipinski definition) is 2. The lowest BCUT2D eigenvalue weighted by atomic mass is 10.1. The lowest BCUT2D eigenvalue weighted by Gasteiger charge is -2.04. The average molecular weight is 270 g/mol. The van der Waals surface area contributed by atoms with Crippen molar-refractivity contribution in [3.8, 4) is 0 Å². The number of hydrogen-bond acceptors (Lipinski definition) is 4. The molecule has 1 aromatic rings. The standard InChI is InChI=1S/C11H12ClN3O3/c1-11(2)6(7(11)9(17)18)8(16)15-10-13-4-3-5(12)14-10/h3-4,6-7H,1-2H3,(H,17,18)(H,13,14,15,16)/t6-,7+/m1/s1. The Kier molecular flexibility index (Phi) is 2.98. The zero-order chi connectivity index (χ0) is 13.5. The fourth-order valence-corrected chi connectivity index (χ4v) is 2.31. The van der Waals surface area contributed by atoms with Crippen LogP contribution in [0.15, 0.2) is 12.3 Å². The van der Waals surface area contributed by atoms with Crippen molar-refractivity contribution in [3.63, 3.8) is 0 Å². The second kappa shape index (κ2) is 4.20. The number of rotatable bonds is 3. The maximum Gasteiger partial charge on any atom is 0.307 e. The van der Waals surface area contributed by atoms with E-state index < -0.39 is 29.1 Å². The van der Waals surface area contributed by atoms with E-state index in [-0.39, 0.29) is 11.1 Å². The van der Waals surface area contributed by atoms with Crippen LogP contribution in [0.1, 0.15) is 13.8 Å². The Labute approximate surface area is 108 Å². The Morgan fingerprint density at radius 1 is 1.44 bits per heavy atom. The number of carboxylic acid groups (broad SMARTS) is 1. The normalized spacial score (nSPS) is 24.4. The van der Waals surface area contributed by atoms with Crippen molar-refractivity contribution in [2.45, 2.75) is 13.8 Å². The van der Waals surface area contributed by atoms with Crippen molar-refractivity contribution in [3.05, 3.63) is 17.4 Å². The second-order valence-corrected chi connectivity index (χ2v) is 5.19. The van der Waals surface area contributed by atoms with Crippen molar-refractivity contribution < 1.29 is 14.7 Å². The van der Waals surface area contributed by atoms with Crippen molar-refractivity contribution in [2.24, 2.45) is 17.3 Å². The predicted octanol–water partition coefficient (Wildman–Crippen LogP) is 1.43. The molecule has 0 bridgehead atoms. The van der Waals surface area contributed by atoms with Gasteiger partial charge in [0, 0.05) is 6.20 Å². The van der Waals surface area contributed by atoms with Crippen LogP contribution in [-0.2, 0) is 9.59 Å². The number of aromatic nitrogens is 2. The number of aliphatic carboxylic acids is 1. The largest absolute Gasteiger partial charge is 0.481 e. The van der Waals surface area contributed by atoms with Gasteiger partial charge in [0.25, 0.3) is 0 Å². The fourth-order valence-electron chi connectivity index (χ4n) is 2.17. The monoisotopic (exact) mass is 269 g/mol. The van der Waals surface area contributed by atoms with Crippen LogP contribution in [0.2, 0.25) is 5.15 Å². The number of anilines is 1. The van der Waals surface area contributed by atoms with E-state index in [2.05, 4.69) is 15.3 Å².